The smallest absolute Gasteiger partial charge is 0.261 e. The standard InChI is InChI=1S/C40H35NO5S/c1-26-36(25-47-32-10-3-2-4-11-32)45-40(46-37(26)29-17-15-27(24-42)16-18-29)30-21-19-28(20-22-30)33-12-6-5-9-31(33)23-41-38(43)34-13-7-8-14-35(34)39(41)44/h2-22,26,36-37,40,42H,23-25H2,1H3/t26-,36+,37+,40+/m0/s1. The number of aliphatic hydroxyl groups excluding tert-OH is 1. The van der Waals surface area contributed by atoms with Crippen molar-refractivity contribution in [2.75, 3.05) is 5.75 Å². The second-order valence-corrected chi connectivity index (χ2v) is 13.1. The third-order valence-electron chi connectivity index (χ3n) is 9.00. The Labute approximate surface area is 279 Å². The maximum Gasteiger partial charge on any atom is 0.261 e. The van der Waals surface area contributed by atoms with E-state index in [0.29, 0.717) is 11.1 Å². The summed E-state index contributed by atoms with van der Waals surface area (Å²) in [7, 11) is 0. The van der Waals surface area contributed by atoms with Gasteiger partial charge in [-0.15, -0.1) is 11.8 Å². The number of carbonyl (C=O) groups is 2. The zero-order valence-corrected chi connectivity index (χ0v) is 26.8. The average Bonchev–Trinajstić information content (AvgIpc) is 3.37. The van der Waals surface area contributed by atoms with Crippen LogP contribution in [0.2, 0.25) is 0 Å². The Balaban J connectivity index is 1.13. The Kier molecular flexibility index (Phi) is 9.05. The highest BCUT2D eigenvalue weighted by Gasteiger charge is 2.39. The number of imide groups is 1. The van der Waals surface area contributed by atoms with E-state index in [0.717, 1.165) is 39.1 Å². The maximum absolute atomic E-state index is 13.1. The highest BCUT2D eigenvalue weighted by atomic mass is 32.2. The summed E-state index contributed by atoms with van der Waals surface area (Å²) >= 11 is 1.78. The third-order valence-corrected chi connectivity index (χ3v) is 10.1. The molecular formula is C40H35NO5S. The number of fused-ring (bicyclic) bond motifs is 1. The largest absolute Gasteiger partial charge is 0.392 e. The van der Waals surface area contributed by atoms with Crippen LogP contribution in [0.5, 0.6) is 0 Å². The predicted molar refractivity (Wildman–Crippen MR) is 183 cm³/mol. The molecule has 1 N–H and O–H groups in total. The van der Waals surface area contributed by atoms with E-state index in [1.54, 1.807) is 36.0 Å². The summed E-state index contributed by atoms with van der Waals surface area (Å²) in [4.78, 5) is 28.7. The number of aliphatic hydroxyl groups is 1. The van der Waals surface area contributed by atoms with Gasteiger partial charge >= 0.3 is 0 Å². The molecule has 0 radical (unpaired) electrons. The van der Waals surface area contributed by atoms with Crippen molar-refractivity contribution < 1.29 is 24.2 Å². The highest BCUT2D eigenvalue weighted by Crippen LogP contribution is 2.43. The molecule has 2 aliphatic heterocycles. The van der Waals surface area contributed by atoms with Crippen LogP contribution in [0.15, 0.2) is 132 Å². The minimum Gasteiger partial charge on any atom is -0.392 e. The Morgan fingerprint density at radius 3 is 1.94 bits per heavy atom. The molecule has 5 aromatic rings. The quantitative estimate of drug-likeness (QED) is 0.129. The molecule has 47 heavy (non-hydrogen) atoms. The summed E-state index contributed by atoms with van der Waals surface area (Å²) < 4.78 is 13.3. The molecule has 1 saturated heterocycles. The number of hydrogen-bond acceptors (Lipinski definition) is 6. The number of amides is 2. The SMILES string of the molecule is C[C@H]1[C@@H](CSc2ccccc2)O[C@@H](c2ccc(-c3ccccc3CN3C(=O)c4ccccc4C3=O)cc2)O[C@H]1c1ccc(CO)cc1. The van der Waals surface area contributed by atoms with Gasteiger partial charge in [-0.3, -0.25) is 14.5 Å². The fraction of sp³-hybridized carbons (Fsp3) is 0.200. The van der Waals surface area contributed by atoms with E-state index < -0.39 is 6.29 Å². The van der Waals surface area contributed by atoms with Crippen LogP contribution >= 0.6 is 11.8 Å². The van der Waals surface area contributed by atoms with E-state index in [4.69, 9.17) is 9.47 Å². The van der Waals surface area contributed by atoms with Crippen molar-refractivity contribution >= 4 is 23.6 Å². The number of rotatable bonds is 9. The van der Waals surface area contributed by atoms with Crippen LogP contribution in [0, 0.1) is 5.92 Å². The van der Waals surface area contributed by atoms with Crippen LogP contribution in [-0.4, -0.2) is 33.7 Å². The van der Waals surface area contributed by atoms with Gasteiger partial charge in [0.25, 0.3) is 11.8 Å². The molecular weight excluding hydrogens is 607 g/mol. The first-order chi connectivity index (χ1) is 23.0. The molecule has 2 amide bonds. The van der Waals surface area contributed by atoms with E-state index in [1.165, 1.54) is 9.80 Å². The molecule has 6 nitrogen and oxygen atoms in total. The number of benzene rings is 5. The van der Waals surface area contributed by atoms with Crippen molar-refractivity contribution in [2.45, 2.75) is 43.5 Å². The zero-order valence-electron chi connectivity index (χ0n) is 26.0. The first kappa shape index (κ1) is 31.1. The van der Waals surface area contributed by atoms with Crippen molar-refractivity contribution in [3.63, 3.8) is 0 Å². The molecule has 236 valence electrons. The normalized spacial score (nSPS) is 20.8. The molecule has 4 atom stereocenters. The maximum atomic E-state index is 13.1. The van der Waals surface area contributed by atoms with Gasteiger partial charge in [-0.1, -0.05) is 110 Å². The molecule has 5 aromatic carbocycles. The summed E-state index contributed by atoms with van der Waals surface area (Å²) in [5.41, 5.74) is 6.53. The summed E-state index contributed by atoms with van der Waals surface area (Å²) in [5.74, 6) is 0.337. The molecule has 7 heteroatoms. The van der Waals surface area contributed by atoms with E-state index in [1.807, 2.05) is 91.0 Å². The van der Waals surface area contributed by atoms with Gasteiger partial charge in [0.05, 0.1) is 36.5 Å². The molecule has 0 spiro atoms. The van der Waals surface area contributed by atoms with Gasteiger partial charge in [-0.05, 0) is 52.1 Å². The lowest BCUT2D eigenvalue weighted by Gasteiger charge is -2.41. The Morgan fingerprint density at radius 1 is 0.681 bits per heavy atom. The average molecular weight is 642 g/mol. The molecule has 2 heterocycles. The molecule has 2 aliphatic rings. The van der Waals surface area contributed by atoms with E-state index in [-0.39, 0.29) is 43.1 Å². The third kappa shape index (κ3) is 6.40. The van der Waals surface area contributed by atoms with Crippen LogP contribution in [-0.2, 0) is 22.6 Å². The van der Waals surface area contributed by atoms with Crippen LogP contribution in [0.4, 0.5) is 0 Å². The summed E-state index contributed by atoms with van der Waals surface area (Å²) in [5, 5.41) is 9.57. The van der Waals surface area contributed by atoms with E-state index in [2.05, 4.69) is 19.1 Å². The monoisotopic (exact) mass is 641 g/mol. The molecule has 0 aliphatic carbocycles. The van der Waals surface area contributed by atoms with Gasteiger partial charge in [0, 0.05) is 22.1 Å². The molecule has 1 fully saturated rings. The number of nitrogens with zero attached hydrogens (tertiary/aromatic N) is 1. The van der Waals surface area contributed by atoms with Gasteiger partial charge in [0.1, 0.15) is 0 Å². The Hall–Kier alpha value is -4.53. The van der Waals surface area contributed by atoms with Gasteiger partial charge < -0.3 is 14.6 Å². The minimum absolute atomic E-state index is 0.00277. The number of hydrogen-bond donors (Lipinski definition) is 1. The Bertz CT molecular complexity index is 1840. The topological polar surface area (TPSA) is 76.1 Å². The first-order valence-corrected chi connectivity index (χ1v) is 16.8. The lowest BCUT2D eigenvalue weighted by molar-refractivity contribution is -0.268. The van der Waals surface area contributed by atoms with Crippen LogP contribution in [0.3, 0.4) is 0 Å². The molecule has 7 rings (SSSR count). The number of thioether (sulfide) groups is 1. The zero-order chi connectivity index (χ0) is 32.3. The second kappa shape index (κ2) is 13.7. The lowest BCUT2D eigenvalue weighted by atomic mass is 9.91. The minimum atomic E-state index is -0.572. The van der Waals surface area contributed by atoms with E-state index >= 15 is 0 Å². The number of carbonyl (C=O) groups excluding carboxylic acids is 2. The fourth-order valence-electron chi connectivity index (χ4n) is 6.32. The predicted octanol–water partition coefficient (Wildman–Crippen LogP) is 8.23. The molecule has 0 bridgehead atoms. The van der Waals surface area contributed by atoms with Gasteiger partial charge in [0.15, 0.2) is 6.29 Å². The van der Waals surface area contributed by atoms with Gasteiger partial charge in [-0.2, -0.15) is 0 Å². The van der Waals surface area contributed by atoms with Crippen LogP contribution in [0.25, 0.3) is 11.1 Å². The highest BCUT2D eigenvalue weighted by molar-refractivity contribution is 7.99. The van der Waals surface area contributed by atoms with E-state index in [9.17, 15) is 14.7 Å². The van der Waals surface area contributed by atoms with Crippen molar-refractivity contribution in [1.29, 1.82) is 0 Å². The van der Waals surface area contributed by atoms with Crippen molar-refractivity contribution in [3.05, 3.63) is 161 Å². The summed E-state index contributed by atoms with van der Waals surface area (Å²) in [6.07, 6.45) is -0.831. The van der Waals surface area contributed by atoms with Gasteiger partial charge in [-0.25, -0.2) is 0 Å². The second-order valence-electron chi connectivity index (χ2n) is 12.0. The van der Waals surface area contributed by atoms with Crippen molar-refractivity contribution in [2.24, 2.45) is 5.92 Å². The number of ether oxygens (including phenoxy) is 2. The molecule has 0 aromatic heterocycles. The first-order valence-electron chi connectivity index (χ1n) is 15.8. The summed E-state index contributed by atoms with van der Waals surface area (Å²) in [6, 6.07) is 41.3. The van der Waals surface area contributed by atoms with Crippen LogP contribution < -0.4 is 0 Å². The lowest BCUT2D eigenvalue weighted by Crippen LogP contribution is -2.38. The van der Waals surface area contributed by atoms with Crippen LogP contribution in [0.1, 0.15) is 62.3 Å². The van der Waals surface area contributed by atoms with Crippen molar-refractivity contribution in [3.8, 4) is 11.1 Å². The molecule has 0 saturated carbocycles. The Morgan fingerprint density at radius 2 is 1.28 bits per heavy atom. The van der Waals surface area contributed by atoms with Gasteiger partial charge in [0.2, 0.25) is 0 Å². The fourth-order valence-corrected chi connectivity index (χ4v) is 7.41. The molecule has 0 unspecified atom stereocenters. The summed E-state index contributed by atoms with van der Waals surface area (Å²) in [6.45, 7) is 2.36. The van der Waals surface area contributed by atoms with Crippen molar-refractivity contribution in [1.82, 2.24) is 4.90 Å².